The number of rotatable bonds is 3. The molecule has 0 amide bonds. The van der Waals surface area contributed by atoms with Crippen molar-refractivity contribution in [3.8, 4) is 5.75 Å². The zero-order valence-corrected chi connectivity index (χ0v) is 17.9. The van der Waals surface area contributed by atoms with Gasteiger partial charge in [-0.2, -0.15) is 0 Å². The fourth-order valence-corrected chi connectivity index (χ4v) is 5.10. The number of benzene rings is 5. The third-order valence-corrected chi connectivity index (χ3v) is 6.43. The zero-order chi connectivity index (χ0) is 21.5. The Morgan fingerprint density at radius 2 is 1.25 bits per heavy atom. The fourth-order valence-electron chi connectivity index (χ4n) is 5.10. The highest BCUT2D eigenvalue weighted by Gasteiger charge is 2.35. The maximum absolute atomic E-state index is 5.95. The fraction of sp³-hybridized carbons (Fsp3) is 0.0667. The van der Waals surface area contributed by atoms with Crippen molar-refractivity contribution in [2.45, 2.75) is 5.92 Å². The summed E-state index contributed by atoms with van der Waals surface area (Å²) in [6.07, 6.45) is 0. The highest BCUT2D eigenvalue weighted by molar-refractivity contribution is 5.92. The Morgan fingerprint density at radius 1 is 0.594 bits per heavy atom. The lowest BCUT2D eigenvalue weighted by Gasteiger charge is -2.39. The van der Waals surface area contributed by atoms with Crippen molar-refractivity contribution in [3.63, 3.8) is 0 Å². The van der Waals surface area contributed by atoms with Crippen LogP contribution in [0.4, 0.5) is 17.1 Å². The van der Waals surface area contributed by atoms with E-state index in [1.807, 2.05) is 0 Å². The molecular formula is C30H23NO. The first-order valence-electron chi connectivity index (χ1n) is 11.0. The van der Waals surface area contributed by atoms with Crippen LogP contribution in [-0.2, 0) is 0 Å². The summed E-state index contributed by atoms with van der Waals surface area (Å²) < 4.78 is 5.95. The van der Waals surface area contributed by atoms with Gasteiger partial charge < -0.3 is 9.64 Å². The van der Waals surface area contributed by atoms with Gasteiger partial charge >= 0.3 is 0 Å². The Bertz CT molecular complexity index is 1420. The van der Waals surface area contributed by atoms with E-state index in [0.717, 1.165) is 17.1 Å². The van der Waals surface area contributed by atoms with Crippen molar-refractivity contribution in [1.82, 2.24) is 0 Å². The van der Waals surface area contributed by atoms with Gasteiger partial charge in [0, 0.05) is 17.2 Å². The number of fused-ring (bicyclic) bond motifs is 3. The quantitative estimate of drug-likeness (QED) is 0.293. The minimum absolute atomic E-state index is 0.0726. The normalized spacial score (nSPS) is 14.7. The molecule has 1 aliphatic heterocycles. The molecule has 1 unspecified atom stereocenters. The lowest BCUT2D eigenvalue weighted by Crippen LogP contribution is -2.23. The average molecular weight is 414 g/mol. The molecule has 0 N–H and O–H groups in total. The summed E-state index contributed by atoms with van der Waals surface area (Å²) in [5.74, 6) is 0.985. The summed E-state index contributed by atoms with van der Waals surface area (Å²) in [6.45, 7) is 0. The molecule has 0 bridgehead atoms. The number of methoxy groups -OCH3 is 1. The predicted molar refractivity (Wildman–Crippen MR) is 133 cm³/mol. The van der Waals surface area contributed by atoms with Crippen molar-refractivity contribution in [2.24, 2.45) is 0 Å². The average Bonchev–Trinajstić information content (AvgIpc) is 2.87. The van der Waals surface area contributed by atoms with Gasteiger partial charge in [0.2, 0.25) is 0 Å². The largest absolute Gasteiger partial charge is 0.496 e. The summed E-state index contributed by atoms with van der Waals surface area (Å²) in [7, 11) is 1.77. The van der Waals surface area contributed by atoms with E-state index in [4.69, 9.17) is 4.74 Å². The van der Waals surface area contributed by atoms with Gasteiger partial charge in [-0.25, -0.2) is 0 Å². The molecule has 6 rings (SSSR count). The lowest BCUT2D eigenvalue weighted by atomic mass is 9.78. The molecule has 32 heavy (non-hydrogen) atoms. The molecule has 2 nitrogen and oxygen atoms in total. The monoisotopic (exact) mass is 413 g/mol. The van der Waals surface area contributed by atoms with Crippen LogP contribution in [0.15, 0.2) is 115 Å². The van der Waals surface area contributed by atoms with E-state index < -0.39 is 0 Å². The van der Waals surface area contributed by atoms with Gasteiger partial charge in [0.25, 0.3) is 0 Å². The number of hydrogen-bond donors (Lipinski definition) is 0. The standard InChI is InChI=1S/C30H23NO/c1-32-28-20-10-19-27-30(28)29(24-17-9-12-21-11-5-6-15-23(21)24)25-16-7-8-18-26(25)31(27)22-13-3-2-4-14-22/h2-20,29H,1H3. The molecule has 1 aliphatic rings. The Kier molecular flexibility index (Phi) is 4.43. The molecule has 5 aromatic rings. The van der Waals surface area contributed by atoms with E-state index in [1.54, 1.807) is 7.11 Å². The van der Waals surface area contributed by atoms with Gasteiger partial charge in [0.15, 0.2) is 0 Å². The molecular weight excluding hydrogens is 390 g/mol. The van der Waals surface area contributed by atoms with Crippen LogP contribution >= 0.6 is 0 Å². The van der Waals surface area contributed by atoms with Crippen LogP contribution in [0.2, 0.25) is 0 Å². The first kappa shape index (κ1) is 18.7. The SMILES string of the molecule is COc1cccc2c1C(c1cccc3ccccc13)c1ccccc1N2c1ccccc1. The molecule has 0 aromatic heterocycles. The lowest BCUT2D eigenvalue weighted by molar-refractivity contribution is 0.409. The predicted octanol–water partition coefficient (Wildman–Crippen LogP) is 7.81. The molecule has 0 saturated carbocycles. The second kappa shape index (κ2) is 7.58. The van der Waals surface area contributed by atoms with Crippen molar-refractivity contribution in [1.29, 1.82) is 0 Å². The van der Waals surface area contributed by atoms with E-state index in [1.165, 1.54) is 33.2 Å². The van der Waals surface area contributed by atoms with Gasteiger partial charge in [-0.3, -0.25) is 0 Å². The minimum Gasteiger partial charge on any atom is -0.496 e. The summed E-state index contributed by atoms with van der Waals surface area (Å²) in [5.41, 5.74) is 7.29. The van der Waals surface area contributed by atoms with Crippen LogP contribution in [0.3, 0.4) is 0 Å². The Morgan fingerprint density at radius 3 is 2.12 bits per heavy atom. The van der Waals surface area contributed by atoms with Crippen molar-refractivity contribution in [3.05, 3.63) is 132 Å². The Labute approximate surface area is 188 Å². The Hall–Kier alpha value is -4.04. The van der Waals surface area contributed by atoms with Crippen LogP contribution in [0, 0.1) is 0 Å². The first-order valence-corrected chi connectivity index (χ1v) is 11.0. The van der Waals surface area contributed by atoms with Crippen LogP contribution in [0.5, 0.6) is 5.75 Å². The maximum atomic E-state index is 5.95. The molecule has 1 atom stereocenters. The molecule has 154 valence electrons. The summed E-state index contributed by atoms with van der Waals surface area (Å²) in [4.78, 5) is 2.36. The van der Waals surface area contributed by atoms with E-state index in [2.05, 4.69) is 120 Å². The molecule has 0 spiro atoms. The highest BCUT2D eigenvalue weighted by atomic mass is 16.5. The number of anilines is 3. The molecule has 0 aliphatic carbocycles. The summed E-state index contributed by atoms with van der Waals surface area (Å²) >= 11 is 0. The second-order valence-corrected chi connectivity index (χ2v) is 8.12. The van der Waals surface area contributed by atoms with E-state index >= 15 is 0 Å². The second-order valence-electron chi connectivity index (χ2n) is 8.12. The molecule has 0 fully saturated rings. The van der Waals surface area contributed by atoms with Crippen LogP contribution in [-0.4, -0.2) is 7.11 Å². The van der Waals surface area contributed by atoms with Crippen LogP contribution in [0.25, 0.3) is 10.8 Å². The molecule has 0 saturated heterocycles. The summed E-state index contributed by atoms with van der Waals surface area (Å²) in [6, 6.07) is 40.9. The zero-order valence-electron chi connectivity index (χ0n) is 17.9. The van der Waals surface area contributed by atoms with Gasteiger partial charge in [-0.1, -0.05) is 84.9 Å². The first-order chi connectivity index (χ1) is 15.9. The third-order valence-electron chi connectivity index (χ3n) is 6.43. The molecule has 0 radical (unpaired) electrons. The van der Waals surface area contributed by atoms with Crippen molar-refractivity contribution >= 4 is 27.8 Å². The molecule has 2 heteroatoms. The van der Waals surface area contributed by atoms with E-state index in [9.17, 15) is 0 Å². The van der Waals surface area contributed by atoms with Crippen LogP contribution in [0.1, 0.15) is 22.6 Å². The summed E-state index contributed by atoms with van der Waals surface area (Å²) in [5, 5.41) is 2.53. The number of ether oxygens (including phenoxy) is 1. The van der Waals surface area contributed by atoms with Gasteiger partial charge in [-0.15, -0.1) is 0 Å². The number of para-hydroxylation sites is 2. The third kappa shape index (κ3) is 2.80. The number of hydrogen-bond acceptors (Lipinski definition) is 2. The highest BCUT2D eigenvalue weighted by Crippen LogP contribution is 2.54. The van der Waals surface area contributed by atoms with E-state index in [0.29, 0.717) is 0 Å². The van der Waals surface area contributed by atoms with Gasteiger partial charge in [0.1, 0.15) is 5.75 Å². The topological polar surface area (TPSA) is 12.5 Å². The molecule has 1 heterocycles. The van der Waals surface area contributed by atoms with Gasteiger partial charge in [0.05, 0.1) is 18.5 Å². The van der Waals surface area contributed by atoms with E-state index in [-0.39, 0.29) is 5.92 Å². The van der Waals surface area contributed by atoms with Gasteiger partial charge in [-0.05, 0) is 52.2 Å². The smallest absolute Gasteiger partial charge is 0.125 e. The Balaban J connectivity index is 1.71. The number of nitrogens with zero attached hydrogens (tertiary/aromatic N) is 1. The van der Waals surface area contributed by atoms with Crippen LogP contribution < -0.4 is 9.64 Å². The minimum atomic E-state index is 0.0726. The van der Waals surface area contributed by atoms with Crippen molar-refractivity contribution in [2.75, 3.05) is 12.0 Å². The van der Waals surface area contributed by atoms with Crippen molar-refractivity contribution < 1.29 is 4.74 Å². The molecule has 5 aromatic carbocycles. The maximum Gasteiger partial charge on any atom is 0.125 e.